The van der Waals surface area contributed by atoms with Gasteiger partial charge in [-0.25, -0.2) is 8.42 Å². The summed E-state index contributed by atoms with van der Waals surface area (Å²) >= 11 is 5.88. The van der Waals surface area contributed by atoms with E-state index in [9.17, 15) is 22.8 Å². The average molecular weight is 388 g/mol. The van der Waals surface area contributed by atoms with Gasteiger partial charge in [-0.05, 0) is 24.5 Å². The zero-order chi connectivity index (χ0) is 18.4. The Labute approximate surface area is 150 Å². The smallest absolute Gasteiger partial charge is 0.257 e. The van der Waals surface area contributed by atoms with Crippen LogP contribution in [0.2, 0.25) is 5.02 Å². The fourth-order valence-corrected chi connectivity index (χ4v) is 4.51. The highest BCUT2D eigenvalue weighted by atomic mass is 35.5. The van der Waals surface area contributed by atoms with E-state index in [0.29, 0.717) is 6.42 Å². The first-order valence-corrected chi connectivity index (χ1v) is 9.77. The molecule has 0 bridgehead atoms. The molecule has 3 amide bonds. The van der Waals surface area contributed by atoms with Crippen molar-refractivity contribution in [2.24, 2.45) is 5.92 Å². The van der Waals surface area contributed by atoms with Gasteiger partial charge >= 0.3 is 0 Å². The monoisotopic (exact) mass is 387 g/mol. The molecule has 1 aliphatic rings. The van der Waals surface area contributed by atoms with Gasteiger partial charge in [0, 0.05) is 6.42 Å². The molecule has 1 heterocycles. The SMILES string of the molecule is O=C(CNC(=O)c1ccccc1Cl)NNC(=O)C[C@@H]1CCS(=O)(=O)C1. The third-order valence-corrected chi connectivity index (χ3v) is 5.84. The van der Waals surface area contributed by atoms with Gasteiger partial charge in [-0.3, -0.25) is 25.2 Å². The summed E-state index contributed by atoms with van der Waals surface area (Å²) in [4.78, 5) is 35.2. The maximum atomic E-state index is 11.9. The van der Waals surface area contributed by atoms with Crippen molar-refractivity contribution < 1.29 is 22.8 Å². The molecule has 1 saturated heterocycles. The first-order valence-electron chi connectivity index (χ1n) is 7.57. The van der Waals surface area contributed by atoms with Crippen LogP contribution < -0.4 is 16.2 Å². The van der Waals surface area contributed by atoms with E-state index in [-0.39, 0.29) is 41.0 Å². The Bertz CT molecular complexity index is 781. The number of carbonyl (C=O) groups is 3. The molecular weight excluding hydrogens is 370 g/mol. The summed E-state index contributed by atoms with van der Waals surface area (Å²) < 4.78 is 22.7. The molecule has 1 aliphatic heterocycles. The minimum Gasteiger partial charge on any atom is -0.343 e. The van der Waals surface area contributed by atoms with Crippen LogP contribution in [-0.2, 0) is 19.4 Å². The number of carbonyl (C=O) groups excluding carboxylic acids is 3. The van der Waals surface area contributed by atoms with Crippen molar-refractivity contribution in [1.29, 1.82) is 0 Å². The van der Waals surface area contributed by atoms with Crippen LogP contribution in [0.1, 0.15) is 23.2 Å². The molecule has 8 nitrogen and oxygen atoms in total. The Hall–Kier alpha value is -2.13. The normalized spacial score (nSPS) is 18.4. The van der Waals surface area contributed by atoms with Gasteiger partial charge in [0.1, 0.15) is 0 Å². The molecule has 0 saturated carbocycles. The van der Waals surface area contributed by atoms with E-state index in [1.807, 2.05) is 0 Å². The highest BCUT2D eigenvalue weighted by Gasteiger charge is 2.29. The van der Waals surface area contributed by atoms with Crippen molar-refractivity contribution in [3.05, 3.63) is 34.9 Å². The van der Waals surface area contributed by atoms with Crippen LogP contribution in [0.5, 0.6) is 0 Å². The number of sulfone groups is 1. The molecule has 25 heavy (non-hydrogen) atoms. The lowest BCUT2D eigenvalue weighted by atomic mass is 10.1. The molecule has 2 rings (SSSR count). The highest BCUT2D eigenvalue weighted by Crippen LogP contribution is 2.21. The number of amides is 3. The van der Waals surface area contributed by atoms with Crippen LogP contribution in [0, 0.1) is 5.92 Å². The lowest BCUT2D eigenvalue weighted by Crippen LogP contribution is -2.46. The third kappa shape index (κ3) is 6.02. The van der Waals surface area contributed by atoms with Crippen molar-refractivity contribution in [2.45, 2.75) is 12.8 Å². The van der Waals surface area contributed by atoms with E-state index in [1.54, 1.807) is 18.2 Å². The van der Waals surface area contributed by atoms with Crippen molar-refractivity contribution in [3.63, 3.8) is 0 Å². The van der Waals surface area contributed by atoms with E-state index in [2.05, 4.69) is 16.2 Å². The Morgan fingerprint density at radius 1 is 1.12 bits per heavy atom. The van der Waals surface area contributed by atoms with Crippen LogP contribution in [-0.4, -0.2) is 44.2 Å². The van der Waals surface area contributed by atoms with Crippen LogP contribution in [0.15, 0.2) is 24.3 Å². The predicted octanol–water partition coefficient (Wildman–Crippen LogP) is 0.0420. The standard InChI is InChI=1S/C15H18ClN3O5S/c16-12-4-2-1-3-11(12)15(22)17-8-14(21)19-18-13(20)7-10-5-6-25(23,24)9-10/h1-4,10H,5-9H2,(H,17,22)(H,18,20)(H,19,21)/t10-/m0/s1. The Morgan fingerprint density at radius 3 is 2.44 bits per heavy atom. The second-order valence-electron chi connectivity index (χ2n) is 5.73. The van der Waals surface area contributed by atoms with Gasteiger partial charge in [-0.15, -0.1) is 0 Å². The molecule has 1 fully saturated rings. The first-order chi connectivity index (χ1) is 11.8. The van der Waals surface area contributed by atoms with Crippen LogP contribution in [0.25, 0.3) is 0 Å². The minimum absolute atomic E-state index is 0.0116. The summed E-state index contributed by atoms with van der Waals surface area (Å²) in [6, 6.07) is 6.40. The molecule has 1 atom stereocenters. The van der Waals surface area contributed by atoms with Crippen LogP contribution in [0.3, 0.4) is 0 Å². The third-order valence-electron chi connectivity index (χ3n) is 3.67. The summed E-state index contributed by atoms with van der Waals surface area (Å²) in [7, 11) is -3.05. The largest absolute Gasteiger partial charge is 0.343 e. The molecule has 136 valence electrons. The van der Waals surface area contributed by atoms with E-state index < -0.39 is 27.6 Å². The molecule has 3 N–H and O–H groups in total. The number of nitrogens with one attached hydrogen (secondary N) is 3. The van der Waals surface area contributed by atoms with E-state index in [1.165, 1.54) is 6.07 Å². The van der Waals surface area contributed by atoms with Crippen LogP contribution >= 0.6 is 11.6 Å². The molecular formula is C15H18ClN3O5S. The zero-order valence-corrected chi connectivity index (χ0v) is 14.8. The molecule has 0 spiro atoms. The van der Waals surface area contributed by atoms with Gasteiger partial charge in [0.05, 0.1) is 28.6 Å². The molecule has 1 aromatic carbocycles. The fraction of sp³-hybridized carbons (Fsp3) is 0.400. The van der Waals surface area contributed by atoms with E-state index in [4.69, 9.17) is 11.6 Å². The number of hydrazine groups is 1. The zero-order valence-electron chi connectivity index (χ0n) is 13.2. The predicted molar refractivity (Wildman–Crippen MR) is 91.4 cm³/mol. The Morgan fingerprint density at radius 2 is 1.80 bits per heavy atom. The second-order valence-corrected chi connectivity index (χ2v) is 8.37. The number of rotatable bonds is 5. The summed E-state index contributed by atoms with van der Waals surface area (Å²) in [5.41, 5.74) is 4.60. The summed E-state index contributed by atoms with van der Waals surface area (Å²) in [6.07, 6.45) is 0.461. The van der Waals surface area contributed by atoms with E-state index >= 15 is 0 Å². The average Bonchev–Trinajstić information content (AvgIpc) is 2.89. The van der Waals surface area contributed by atoms with Crippen LogP contribution in [0.4, 0.5) is 0 Å². The lowest BCUT2D eigenvalue weighted by molar-refractivity contribution is -0.128. The van der Waals surface area contributed by atoms with Gasteiger partial charge in [0.2, 0.25) is 5.91 Å². The van der Waals surface area contributed by atoms with Crippen molar-refractivity contribution in [3.8, 4) is 0 Å². The highest BCUT2D eigenvalue weighted by molar-refractivity contribution is 7.91. The molecule has 1 aromatic rings. The van der Waals surface area contributed by atoms with Gasteiger partial charge in [0.25, 0.3) is 11.8 Å². The molecule has 0 radical (unpaired) electrons. The minimum atomic E-state index is -3.05. The molecule has 0 unspecified atom stereocenters. The van der Waals surface area contributed by atoms with Gasteiger partial charge < -0.3 is 5.32 Å². The maximum Gasteiger partial charge on any atom is 0.257 e. The lowest BCUT2D eigenvalue weighted by Gasteiger charge is -2.10. The number of benzene rings is 1. The molecule has 0 aromatic heterocycles. The number of hydrogen-bond acceptors (Lipinski definition) is 5. The van der Waals surface area contributed by atoms with Crippen molar-refractivity contribution >= 4 is 39.2 Å². The van der Waals surface area contributed by atoms with Gasteiger partial charge in [0.15, 0.2) is 9.84 Å². The molecule has 10 heteroatoms. The second kappa shape index (κ2) is 8.30. The summed E-state index contributed by atoms with van der Waals surface area (Å²) in [6.45, 7) is -0.345. The summed E-state index contributed by atoms with van der Waals surface area (Å²) in [5, 5.41) is 2.65. The topological polar surface area (TPSA) is 121 Å². The Kier molecular flexibility index (Phi) is 6.38. The van der Waals surface area contributed by atoms with Crippen molar-refractivity contribution in [2.75, 3.05) is 18.1 Å². The molecule has 0 aliphatic carbocycles. The van der Waals surface area contributed by atoms with E-state index in [0.717, 1.165) is 0 Å². The first kappa shape index (κ1) is 19.2. The number of halogens is 1. The van der Waals surface area contributed by atoms with Gasteiger partial charge in [-0.1, -0.05) is 23.7 Å². The summed E-state index contributed by atoms with van der Waals surface area (Å²) in [5.74, 6) is -1.76. The maximum absolute atomic E-state index is 11.9. The quantitative estimate of drug-likeness (QED) is 0.616. The number of hydrogen-bond donors (Lipinski definition) is 3. The fourth-order valence-electron chi connectivity index (χ4n) is 2.43. The Balaban J connectivity index is 1.69. The van der Waals surface area contributed by atoms with Gasteiger partial charge in [-0.2, -0.15) is 0 Å². The van der Waals surface area contributed by atoms with Crippen molar-refractivity contribution in [1.82, 2.24) is 16.2 Å².